The van der Waals surface area contributed by atoms with Gasteiger partial charge in [-0.2, -0.15) is 0 Å². The van der Waals surface area contributed by atoms with Gasteiger partial charge in [-0.05, 0) is 18.9 Å². The van der Waals surface area contributed by atoms with Crippen molar-refractivity contribution in [1.82, 2.24) is 0 Å². The Morgan fingerprint density at radius 1 is 1.32 bits per heavy atom. The van der Waals surface area contributed by atoms with Crippen LogP contribution in [0.3, 0.4) is 0 Å². The molecular formula is C16H20O3. The van der Waals surface area contributed by atoms with Crippen molar-refractivity contribution in [3.8, 4) is 0 Å². The maximum Gasteiger partial charge on any atom is 0.186 e. The molecule has 102 valence electrons. The van der Waals surface area contributed by atoms with Gasteiger partial charge in [0, 0.05) is 5.92 Å². The molecule has 0 aliphatic carbocycles. The van der Waals surface area contributed by atoms with E-state index >= 15 is 0 Å². The molecule has 19 heavy (non-hydrogen) atoms. The number of hydrogen-bond donors (Lipinski definition) is 0. The van der Waals surface area contributed by atoms with E-state index in [1.165, 1.54) is 5.57 Å². The van der Waals surface area contributed by atoms with Crippen LogP contribution in [-0.2, 0) is 20.8 Å². The van der Waals surface area contributed by atoms with Crippen LogP contribution in [0.2, 0.25) is 0 Å². The summed E-state index contributed by atoms with van der Waals surface area (Å²) >= 11 is 0. The molecule has 4 atom stereocenters. The van der Waals surface area contributed by atoms with Crippen molar-refractivity contribution >= 4 is 0 Å². The number of epoxide rings is 1. The second-order valence-corrected chi connectivity index (χ2v) is 5.48. The van der Waals surface area contributed by atoms with Crippen LogP contribution in [0.5, 0.6) is 0 Å². The summed E-state index contributed by atoms with van der Waals surface area (Å²) in [5.74, 6) is 0.444. The molecule has 0 spiro atoms. The van der Waals surface area contributed by atoms with Crippen LogP contribution in [0, 0.1) is 5.92 Å². The highest BCUT2D eigenvalue weighted by Gasteiger charge is 2.54. The van der Waals surface area contributed by atoms with Gasteiger partial charge in [0.2, 0.25) is 0 Å². The van der Waals surface area contributed by atoms with Crippen molar-refractivity contribution in [2.24, 2.45) is 5.92 Å². The molecule has 0 saturated carbocycles. The smallest absolute Gasteiger partial charge is 0.186 e. The normalized spacial score (nSPS) is 32.7. The molecule has 1 aromatic carbocycles. The third-order valence-corrected chi connectivity index (χ3v) is 3.64. The summed E-state index contributed by atoms with van der Waals surface area (Å²) in [5, 5.41) is 0. The maximum absolute atomic E-state index is 5.81. The lowest BCUT2D eigenvalue weighted by Crippen LogP contribution is -2.35. The van der Waals surface area contributed by atoms with E-state index in [4.69, 9.17) is 14.2 Å². The maximum atomic E-state index is 5.81. The largest absolute Gasteiger partial charge is 0.364 e. The third-order valence-electron chi connectivity index (χ3n) is 3.64. The quantitative estimate of drug-likeness (QED) is 0.602. The molecule has 0 N–H and O–H groups in total. The van der Waals surface area contributed by atoms with E-state index in [9.17, 15) is 0 Å². The third kappa shape index (κ3) is 3.06. The van der Waals surface area contributed by atoms with Crippen LogP contribution in [0.4, 0.5) is 0 Å². The van der Waals surface area contributed by atoms with E-state index in [0.717, 1.165) is 12.0 Å². The molecule has 0 unspecified atom stereocenters. The van der Waals surface area contributed by atoms with Crippen LogP contribution in [0.1, 0.15) is 18.9 Å². The number of rotatable bonds is 5. The zero-order valence-electron chi connectivity index (χ0n) is 11.2. The Balaban J connectivity index is 1.49. The van der Waals surface area contributed by atoms with Gasteiger partial charge in [0.15, 0.2) is 6.29 Å². The lowest BCUT2D eigenvalue weighted by atomic mass is 9.95. The van der Waals surface area contributed by atoms with Crippen molar-refractivity contribution in [1.29, 1.82) is 0 Å². The summed E-state index contributed by atoms with van der Waals surface area (Å²) in [6.07, 6.45) is 1.17. The van der Waals surface area contributed by atoms with Crippen molar-refractivity contribution in [3.63, 3.8) is 0 Å². The predicted octanol–water partition coefficient (Wildman–Crippen LogP) is 2.91. The SMILES string of the molecule is C=C(C)C[C@@H]1CO[C@H](OCc2ccccc2)[C@H]2O[C@@H]12. The lowest BCUT2D eigenvalue weighted by Gasteiger charge is -2.25. The predicted molar refractivity (Wildman–Crippen MR) is 72.6 cm³/mol. The molecule has 0 bridgehead atoms. The van der Waals surface area contributed by atoms with Gasteiger partial charge in [-0.1, -0.05) is 35.9 Å². The van der Waals surface area contributed by atoms with Gasteiger partial charge in [-0.3, -0.25) is 0 Å². The summed E-state index contributed by atoms with van der Waals surface area (Å²) in [6.45, 7) is 7.28. The van der Waals surface area contributed by atoms with Gasteiger partial charge >= 0.3 is 0 Å². The van der Waals surface area contributed by atoms with Crippen LogP contribution in [0.25, 0.3) is 0 Å². The Morgan fingerprint density at radius 2 is 2.11 bits per heavy atom. The van der Waals surface area contributed by atoms with Crippen molar-refractivity contribution < 1.29 is 14.2 Å². The molecule has 2 fully saturated rings. The number of ether oxygens (including phenoxy) is 3. The molecule has 1 aromatic rings. The Bertz CT molecular complexity index is 443. The summed E-state index contributed by atoms with van der Waals surface area (Å²) in [6, 6.07) is 10.1. The number of fused-ring (bicyclic) bond motifs is 1. The van der Waals surface area contributed by atoms with Crippen LogP contribution in [0.15, 0.2) is 42.5 Å². The average Bonchev–Trinajstić information content (AvgIpc) is 3.19. The zero-order chi connectivity index (χ0) is 13.2. The molecule has 3 nitrogen and oxygen atoms in total. The van der Waals surface area contributed by atoms with Crippen molar-refractivity contribution in [3.05, 3.63) is 48.0 Å². The molecule has 0 aromatic heterocycles. The fraction of sp³-hybridized carbons (Fsp3) is 0.500. The Morgan fingerprint density at radius 3 is 2.84 bits per heavy atom. The molecule has 3 rings (SSSR count). The number of hydrogen-bond acceptors (Lipinski definition) is 3. The molecular weight excluding hydrogens is 240 g/mol. The lowest BCUT2D eigenvalue weighted by molar-refractivity contribution is -0.174. The highest BCUT2D eigenvalue weighted by molar-refractivity contribution is 5.13. The summed E-state index contributed by atoms with van der Waals surface area (Å²) in [7, 11) is 0. The number of allylic oxidation sites excluding steroid dienone is 1. The molecule has 2 heterocycles. The van der Waals surface area contributed by atoms with Gasteiger partial charge in [-0.15, -0.1) is 6.58 Å². The molecule has 2 aliphatic rings. The molecule has 0 amide bonds. The fourth-order valence-electron chi connectivity index (χ4n) is 2.66. The van der Waals surface area contributed by atoms with Gasteiger partial charge in [0.05, 0.1) is 19.3 Å². The van der Waals surface area contributed by atoms with Crippen molar-refractivity contribution in [2.45, 2.75) is 38.4 Å². The van der Waals surface area contributed by atoms with Crippen LogP contribution >= 0.6 is 0 Å². The van der Waals surface area contributed by atoms with Gasteiger partial charge in [0.1, 0.15) is 6.10 Å². The topological polar surface area (TPSA) is 31.0 Å². The zero-order valence-corrected chi connectivity index (χ0v) is 11.2. The highest BCUT2D eigenvalue weighted by atomic mass is 16.7. The molecule has 2 saturated heterocycles. The standard InChI is InChI=1S/C16H20O3/c1-11(2)8-13-10-18-16(15-14(13)19-15)17-9-12-6-4-3-5-7-12/h3-7,13-16H,1,8-10H2,2H3/t13-,14+,15+,16+/m1/s1. The van der Waals surface area contributed by atoms with E-state index < -0.39 is 0 Å². The van der Waals surface area contributed by atoms with Gasteiger partial charge in [-0.25, -0.2) is 0 Å². The Labute approximate surface area is 114 Å². The van der Waals surface area contributed by atoms with E-state index in [1.54, 1.807) is 0 Å². The minimum Gasteiger partial charge on any atom is -0.364 e. The molecule has 3 heteroatoms. The van der Waals surface area contributed by atoms with Gasteiger partial charge in [0.25, 0.3) is 0 Å². The van der Waals surface area contributed by atoms with E-state index in [2.05, 4.69) is 25.6 Å². The second kappa shape index (κ2) is 5.45. The van der Waals surface area contributed by atoms with Crippen LogP contribution < -0.4 is 0 Å². The molecule has 2 aliphatic heterocycles. The highest BCUT2D eigenvalue weighted by Crippen LogP contribution is 2.41. The van der Waals surface area contributed by atoms with Crippen LogP contribution in [-0.4, -0.2) is 25.1 Å². The first-order valence-corrected chi connectivity index (χ1v) is 6.81. The first-order chi connectivity index (χ1) is 9.24. The summed E-state index contributed by atoms with van der Waals surface area (Å²) < 4.78 is 17.3. The van der Waals surface area contributed by atoms with Crippen molar-refractivity contribution in [2.75, 3.05) is 6.61 Å². The average molecular weight is 260 g/mol. The van der Waals surface area contributed by atoms with E-state index in [-0.39, 0.29) is 12.4 Å². The molecule has 0 radical (unpaired) electrons. The van der Waals surface area contributed by atoms with E-state index in [1.807, 2.05) is 18.2 Å². The minimum atomic E-state index is -0.216. The Kier molecular flexibility index (Phi) is 3.69. The second-order valence-electron chi connectivity index (χ2n) is 5.48. The fourth-order valence-corrected chi connectivity index (χ4v) is 2.66. The Hall–Kier alpha value is -1.16. The first kappa shape index (κ1) is 12.9. The van der Waals surface area contributed by atoms with E-state index in [0.29, 0.717) is 25.2 Å². The monoisotopic (exact) mass is 260 g/mol. The number of benzene rings is 1. The summed E-state index contributed by atoms with van der Waals surface area (Å²) in [5.41, 5.74) is 2.35. The minimum absolute atomic E-state index is 0.113. The summed E-state index contributed by atoms with van der Waals surface area (Å²) in [4.78, 5) is 0. The van der Waals surface area contributed by atoms with Gasteiger partial charge < -0.3 is 14.2 Å². The first-order valence-electron chi connectivity index (χ1n) is 6.81.